The SMILES string of the molecule is CCCNC(Cc1ccsc1)Cc1cn(C)nn1. The lowest BCUT2D eigenvalue weighted by atomic mass is 10.0. The van der Waals surface area contributed by atoms with Gasteiger partial charge in [0.25, 0.3) is 0 Å². The molecule has 2 aromatic heterocycles. The number of aromatic nitrogens is 3. The summed E-state index contributed by atoms with van der Waals surface area (Å²) in [4.78, 5) is 0. The normalized spacial score (nSPS) is 12.8. The highest BCUT2D eigenvalue weighted by Crippen LogP contribution is 2.11. The van der Waals surface area contributed by atoms with Gasteiger partial charge in [0.15, 0.2) is 0 Å². The van der Waals surface area contributed by atoms with Crippen molar-refractivity contribution in [3.05, 3.63) is 34.3 Å². The smallest absolute Gasteiger partial charge is 0.0842 e. The van der Waals surface area contributed by atoms with Crippen LogP contribution in [0.25, 0.3) is 0 Å². The quantitative estimate of drug-likeness (QED) is 0.832. The van der Waals surface area contributed by atoms with Crippen molar-refractivity contribution in [1.82, 2.24) is 20.3 Å². The molecule has 0 aliphatic rings. The van der Waals surface area contributed by atoms with Crippen molar-refractivity contribution in [3.63, 3.8) is 0 Å². The third kappa shape index (κ3) is 3.92. The Hall–Kier alpha value is -1.20. The zero-order valence-corrected chi connectivity index (χ0v) is 11.8. The molecule has 0 aromatic carbocycles. The van der Waals surface area contributed by atoms with Crippen LogP contribution < -0.4 is 5.32 Å². The second-order valence-corrected chi connectivity index (χ2v) is 5.35. The Morgan fingerprint density at radius 2 is 2.33 bits per heavy atom. The maximum atomic E-state index is 4.17. The van der Waals surface area contributed by atoms with E-state index in [1.165, 1.54) is 5.56 Å². The Kier molecular flexibility index (Phi) is 4.90. The summed E-state index contributed by atoms with van der Waals surface area (Å²) in [7, 11) is 1.91. The van der Waals surface area contributed by atoms with E-state index in [0.717, 1.165) is 31.5 Å². The number of thiophene rings is 1. The van der Waals surface area contributed by atoms with Gasteiger partial charge in [0, 0.05) is 25.7 Å². The minimum atomic E-state index is 0.441. The van der Waals surface area contributed by atoms with Crippen molar-refractivity contribution < 1.29 is 0 Å². The summed E-state index contributed by atoms with van der Waals surface area (Å²) < 4.78 is 1.76. The van der Waals surface area contributed by atoms with Gasteiger partial charge in [-0.2, -0.15) is 11.3 Å². The largest absolute Gasteiger partial charge is 0.313 e. The van der Waals surface area contributed by atoms with Gasteiger partial charge in [-0.05, 0) is 41.8 Å². The van der Waals surface area contributed by atoms with E-state index in [1.807, 2.05) is 13.2 Å². The zero-order valence-electron chi connectivity index (χ0n) is 11.0. The van der Waals surface area contributed by atoms with Crippen molar-refractivity contribution in [3.8, 4) is 0 Å². The van der Waals surface area contributed by atoms with Crippen molar-refractivity contribution >= 4 is 11.3 Å². The fraction of sp³-hybridized carbons (Fsp3) is 0.538. The highest BCUT2D eigenvalue weighted by atomic mass is 32.1. The van der Waals surface area contributed by atoms with E-state index >= 15 is 0 Å². The number of hydrogen-bond donors (Lipinski definition) is 1. The molecule has 0 aliphatic carbocycles. The standard InChI is InChI=1S/C13H20N4S/c1-3-5-14-12(7-11-4-6-18-10-11)8-13-9-17(2)16-15-13/h4,6,9-10,12,14H,3,5,7-8H2,1-2H3. The minimum absolute atomic E-state index is 0.441. The third-order valence-corrected chi connectivity index (χ3v) is 3.58. The average molecular weight is 264 g/mol. The van der Waals surface area contributed by atoms with Crippen molar-refractivity contribution in [2.45, 2.75) is 32.2 Å². The van der Waals surface area contributed by atoms with E-state index in [2.05, 4.69) is 39.4 Å². The highest BCUT2D eigenvalue weighted by molar-refractivity contribution is 7.07. The number of aryl methyl sites for hydroxylation is 1. The van der Waals surface area contributed by atoms with Crippen LogP contribution in [0.15, 0.2) is 23.0 Å². The van der Waals surface area contributed by atoms with Gasteiger partial charge >= 0.3 is 0 Å². The summed E-state index contributed by atoms with van der Waals surface area (Å²) in [6, 6.07) is 2.64. The summed E-state index contributed by atoms with van der Waals surface area (Å²) in [5, 5.41) is 16.1. The number of nitrogens with one attached hydrogen (secondary N) is 1. The Morgan fingerprint density at radius 1 is 1.44 bits per heavy atom. The summed E-state index contributed by atoms with van der Waals surface area (Å²) >= 11 is 1.76. The van der Waals surface area contributed by atoms with Crippen molar-refractivity contribution in [1.29, 1.82) is 0 Å². The van der Waals surface area contributed by atoms with Crippen LogP contribution in [0, 0.1) is 0 Å². The fourth-order valence-electron chi connectivity index (χ4n) is 2.00. The Labute approximate surface area is 112 Å². The van der Waals surface area contributed by atoms with E-state index in [-0.39, 0.29) is 0 Å². The summed E-state index contributed by atoms with van der Waals surface area (Å²) in [5.41, 5.74) is 2.46. The highest BCUT2D eigenvalue weighted by Gasteiger charge is 2.12. The van der Waals surface area contributed by atoms with E-state index in [0.29, 0.717) is 6.04 Å². The molecule has 5 heteroatoms. The third-order valence-electron chi connectivity index (χ3n) is 2.85. The molecule has 0 spiro atoms. The number of rotatable bonds is 7. The first-order valence-electron chi connectivity index (χ1n) is 6.37. The Balaban J connectivity index is 1.95. The topological polar surface area (TPSA) is 42.7 Å². The van der Waals surface area contributed by atoms with E-state index in [1.54, 1.807) is 16.0 Å². The lowest BCUT2D eigenvalue weighted by molar-refractivity contribution is 0.500. The van der Waals surface area contributed by atoms with Gasteiger partial charge in [-0.15, -0.1) is 5.10 Å². The molecule has 18 heavy (non-hydrogen) atoms. The van der Waals surface area contributed by atoms with Crippen LogP contribution >= 0.6 is 11.3 Å². The Morgan fingerprint density at radius 3 is 2.94 bits per heavy atom. The Bertz CT molecular complexity index is 449. The zero-order chi connectivity index (χ0) is 12.8. The van der Waals surface area contributed by atoms with Crippen LogP contribution in [0.1, 0.15) is 24.6 Å². The summed E-state index contributed by atoms with van der Waals surface area (Å²) in [5.74, 6) is 0. The van der Waals surface area contributed by atoms with Gasteiger partial charge < -0.3 is 5.32 Å². The molecule has 98 valence electrons. The molecular weight excluding hydrogens is 244 g/mol. The molecule has 0 fully saturated rings. The molecule has 4 nitrogen and oxygen atoms in total. The van der Waals surface area contributed by atoms with Crippen LogP contribution in [0.3, 0.4) is 0 Å². The lowest BCUT2D eigenvalue weighted by Crippen LogP contribution is -2.33. The summed E-state index contributed by atoms with van der Waals surface area (Å²) in [6.45, 7) is 3.24. The van der Waals surface area contributed by atoms with Gasteiger partial charge in [0.2, 0.25) is 0 Å². The van der Waals surface area contributed by atoms with Crippen LogP contribution in [-0.2, 0) is 19.9 Å². The molecule has 0 bridgehead atoms. The van der Waals surface area contributed by atoms with Crippen LogP contribution in [0.2, 0.25) is 0 Å². The van der Waals surface area contributed by atoms with Crippen molar-refractivity contribution in [2.24, 2.45) is 7.05 Å². The monoisotopic (exact) mass is 264 g/mol. The molecule has 1 N–H and O–H groups in total. The minimum Gasteiger partial charge on any atom is -0.313 e. The summed E-state index contributed by atoms with van der Waals surface area (Å²) in [6.07, 6.45) is 5.14. The van der Waals surface area contributed by atoms with Crippen LogP contribution in [-0.4, -0.2) is 27.6 Å². The molecule has 1 atom stereocenters. The number of hydrogen-bond acceptors (Lipinski definition) is 4. The molecule has 2 aromatic rings. The predicted octanol–water partition coefficient (Wildman–Crippen LogP) is 2.03. The van der Waals surface area contributed by atoms with Gasteiger partial charge in [0.05, 0.1) is 5.69 Å². The maximum Gasteiger partial charge on any atom is 0.0842 e. The second kappa shape index (κ2) is 6.66. The van der Waals surface area contributed by atoms with Gasteiger partial charge in [-0.3, -0.25) is 4.68 Å². The van der Waals surface area contributed by atoms with Crippen LogP contribution in [0.4, 0.5) is 0 Å². The lowest BCUT2D eigenvalue weighted by Gasteiger charge is -2.16. The maximum absolute atomic E-state index is 4.17. The first-order chi connectivity index (χ1) is 8.78. The molecule has 2 heterocycles. The molecule has 0 saturated heterocycles. The van der Waals surface area contributed by atoms with Gasteiger partial charge in [0.1, 0.15) is 0 Å². The van der Waals surface area contributed by atoms with E-state index in [4.69, 9.17) is 0 Å². The molecule has 0 saturated carbocycles. The molecule has 0 radical (unpaired) electrons. The molecule has 2 rings (SSSR count). The first-order valence-corrected chi connectivity index (χ1v) is 7.32. The molecule has 0 amide bonds. The molecule has 0 aliphatic heterocycles. The second-order valence-electron chi connectivity index (χ2n) is 4.57. The first kappa shape index (κ1) is 13.2. The van der Waals surface area contributed by atoms with E-state index < -0.39 is 0 Å². The van der Waals surface area contributed by atoms with Gasteiger partial charge in [-0.1, -0.05) is 12.1 Å². The van der Waals surface area contributed by atoms with Gasteiger partial charge in [-0.25, -0.2) is 0 Å². The average Bonchev–Trinajstić information content (AvgIpc) is 2.98. The number of nitrogens with zero attached hydrogens (tertiary/aromatic N) is 3. The fourth-order valence-corrected chi connectivity index (χ4v) is 2.68. The van der Waals surface area contributed by atoms with Crippen LogP contribution in [0.5, 0.6) is 0 Å². The molecular formula is C13H20N4S. The molecule has 1 unspecified atom stereocenters. The van der Waals surface area contributed by atoms with Crippen molar-refractivity contribution in [2.75, 3.05) is 6.54 Å². The van der Waals surface area contributed by atoms with E-state index in [9.17, 15) is 0 Å². The predicted molar refractivity (Wildman–Crippen MR) is 74.8 cm³/mol.